The Balaban J connectivity index is 0.954. The number of aliphatic hydroxyl groups excluding tert-OH is 7. The minimum atomic E-state index is -1.73. The molecule has 8 aliphatic rings. The average molecular weight is 757 g/mol. The summed E-state index contributed by atoms with van der Waals surface area (Å²) in [5.74, 6) is 1.43. The second-order valence-electron chi connectivity index (χ2n) is 18.8. The van der Waals surface area contributed by atoms with Crippen molar-refractivity contribution in [1.82, 2.24) is 0 Å². The van der Waals surface area contributed by atoms with Gasteiger partial charge in [0.05, 0.1) is 32.0 Å². The molecule has 14 heteroatoms. The molecule has 8 fully saturated rings. The molecule has 4 saturated heterocycles. The lowest BCUT2D eigenvalue weighted by molar-refractivity contribution is -0.373. The molecule has 4 saturated carbocycles. The Bertz CT molecular complexity index is 1310. The van der Waals surface area contributed by atoms with Gasteiger partial charge in [-0.15, -0.1) is 0 Å². The number of rotatable bonds is 6. The van der Waals surface area contributed by atoms with E-state index in [9.17, 15) is 40.9 Å². The summed E-state index contributed by atoms with van der Waals surface area (Å²) in [6.45, 7) is 8.58. The van der Waals surface area contributed by atoms with Crippen molar-refractivity contribution in [2.24, 2.45) is 46.3 Å². The van der Waals surface area contributed by atoms with E-state index in [1.54, 1.807) is 0 Å². The maximum absolute atomic E-state index is 12.7. The van der Waals surface area contributed by atoms with Gasteiger partial charge in [0.25, 0.3) is 0 Å². The SMILES string of the molecule is C[C@H]1CC[C@@]2(OC1)O[C@H]1C[C@H]3[C@@H]4CCC5C[C@@H](O[C@@H]6O[C@H](CO)[C@@H](O)[C@H](O)[C@H]6O[C@@H]6O[C@H](CO)[C@@H](O)[C@H](O)[C@H]6O)CC[C@]5(C)[C@H]4CC[C@]3(C)[C@@]1(O)[C@@H]2C. The molecule has 4 heterocycles. The van der Waals surface area contributed by atoms with E-state index in [1.165, 1.54) is 0 Å². The van der Waals surface area contributed by atoms with Gasteiger partial charge in [-0.1, -0.05) is 27.7 Å². The molecule has 0 aromatic heterocycles. The van der Waals surface area contributed by atoms with Crippen LogP contribution in [-0.2, 0) is 28.4 Å². The van der Waals surface area contributed by atoms with Crippen LogP contribution >= 0.6 is 0 Å². The Morgan fingerprint density at radius 3 is 2.08 bits per heavy atom. The number of ether oxygens (including phenoxy) is 6. The second-order valence-corrected chi connectivity index (χ2v) is 18.8. The van der Waals surface area contributed by atoms with Crippen LogP contribution in [0.25, 0.3) is 0 Å². The minimum Gasteiger partial charge on any atom is -0.394 e. The lowest BCUT2D eigenvalue weighted by Gasteiger charge is -2.62. The summed E-state index contributed by atoms with van der Waals surface area (Å²) >= 11 is 0. The molecule has 22 atom stereocenters. The fourth-order valence-corrected chi connectivity index (χ4v) is 13.1. The molecule has 8 N–H and O–H groups in total. The molecule has 4 aliphatic heterocycles. The Morgan fingerprint density at radius 1 is 0.698 bits per heavy atom. The fraction of sp³-hybridized carbons (Fsp3) is 1.00. The van der Waals surface area contributed by atoms with Crippen molar-refractivity contribution in [3.63, 3.8) is 0 Å². The quantitative estimate of drug-likeness (QED) is 0.174. The van der Waals surface area contributed by atoms with E-state index in [0.717, 1.165) is 64.2 Å². The van der Waals surface area contributed by atoms with Crippen LogP contribution in [-0.4, -0.2) is 146 Å². The predicted molar refractivity (Wildman–Crippen MR) is 184 cm³/mol. The second kappa shape index (κ2) is 14.1. The van der Waals surface area contributed by atoms with Gasteiger partial charge in [0.2, 0.25) is 0 Å². The van der Waals surface area contributed by atoms with E-state index in [2.05, 4.69) is 27.7 Å². The maximum atomic E-state index is 12.7. The first-order chi connectivity index (χ1) is 25.1. The largest absolute Gasteiger partial charge is 0.394 e. The van der Waals surface area contributed by atoms with Crippen LogP contribution in [0.15, 0.2) is 0 Å². The van der Waals surface area contributed by atoms with Crippen molar-refractivity contribution in [3.05, 3.63) is 0 Å². The van der Waals surface area contributed by atoms with E-state index in [4.69, 9.17) is 28.4 Å². The van der Waals surface area contributed by atoms with Gasteiger partial charge in [-0.25, -0.2) is 0 Å². The van der Waals surface area contributed by atoms with Crippen LogP contribution in [0.3, 0.4) is 0 Å². The van der Waals surface area contributed by atoms with Gasteiger partial charge in [0, 0.05) is 17.8 Å². The molecular formula is C39H64O14. The van der Waals surface area contributed by atoms with Crippen LogP contribution in [0.4, 0.5) is 0 Å². The summed E-state index contributed by atoms with van der Waals surface area (Å²) in [5.41, 5.74) is -1.10. The van der Waals surface area contributed by atoms with E-state index in [0.29, 0.717) is 36.2 Å². The van der Waals surface area contributed by atoms with Crippen LogP contribution in [0.2, 0.25) is 0 Å². The molecule has 304 valence electrons. The monoisotopic (exact) mass is 756 g/mol. The first-order valence-corrected chi connectivity index (χ1v) is 20.4. The highest BCUT2D eigenvalue weighted by molar-refractivity contribution is 5.23. The molecule has 0 radical (unpaired) electrons. The molecule has 1 spiro atoms. The van der Waals surface area contributed by atoms with Crippen molar-refractivity contribution < 1.29 is 69.3 Å². The van der Waals surface area contributed by atoms with Crippen molar-refractivity contribution in [1.29, 1.82) is 0 Å². The number of fused-ring (bicyclic) bond motifs is 7. The third kappa shape index (κ3) is 5.86. The van der Waals surface area contributed by atoms with Crippen LogP contribution in [0, 0.1) is 46.3 Å². The summed E-state index contributed by atoms with van der Waals surface area (Å²) in [4.78, 5) is 0. The van der Waals surface area contributed by atoms with Gasteiger partial charge in [-0.3, -0.25) is 0 Å². The minimum absolute atomic E-state index is 0.0731. The van der Waals surface area contributed by atoms with E-state index in [-0.39, 0.29) is 29.0 Å². The summed E-state index contributed by atoms with van der Waals surface area (Å²) in [7, 11) is 0. The van der Waals surface area contributed by atoms with Crippen molar-refractivity contribution >= 4 is 0 Å². The Hall–Kier alpha value is -0.560. The molecule has 8 rings (SSSR count). The van der Waals surface area contributed by atoms with Gasteiger partial charge in [-0.2, -0.15) is 0 Å². The first-order valence-electron chi connectivity index (χ1n) is 20.4. The zero-order valence-electron chi connectivity index (χ0n) is 31.6. The van der Waals surface area contributed by atoms with Gasteiger partial charge in [0.1, 0.15) is 54.4 Å². The third-order valence-electron chi connectivity index (χ3n) is 16.4. The zero-order valence-corrected chi connectivity index (χ0v) is 31.6. The van der Waals surface area contributed by atoms with Crippen molar-refractivity contribution in [2.45, 2.75) is 177 Å². The maximum Gasteiger partial charge on any atom is 0.187 e. The molecule has 53 heavy (non-hydrogen) atoms. The van der Waals surface area contributed by atoms with E-state index >= 15 is 0 Å². The van der Waals surface area contributed by atoms with Gasteiger partial charge in [0.15, 0.2) is 18.4 Å². The molecule has 1 unspecified atom stereocenters. The van der Waals surface area contributed by atoms with Gasteiger partial charge in [-0.05, 0) is 92.8 Å². The van der Waals surface area contributed by atoms with Crippen molar-refractivity contribution in [3.8, 4) is 0 Å². The number of hydrogen-bond donors (Lipinski definition) is 8. The number of hydrogen-bond acceptors (Lipinski definition) is 14. The summed E-state index contributed by atoms with van der Waals surface area (Å²) in [6.07, 6.45) is -6.03. The number of aliphatic hydroxyl groups is 8. The molecule has 4 aliphatic carbocycles. The molecule has 0 bridgehead atoms. The van der Waals surface area contributed by atoms with E-state index < -0.39 is 86.0 Å². The summed E-state index contributed by atoms with van der Waals surface area (Å²) in [5, 5.41) is 85.4. The average Bonchev–Trinajstić information content (AvgIpc) is 3.50. The Morgan fingerprint density at radius 2 is 1.40 bits per heavy atom. The Kier molecular flexibility index (Phi) is 10.4. The molecule has 14 nitrogen and oxygen atoms in total. The lowest BCUT2D eigenvalue weighted by atomic mass is 9.44. The summed E-state index contributed by atoms with van der Waals surface area (Å²) in [6, 6.07) is 0. The van der Waals surface area contributed by atoms with Crippen LogP contribution in [0.5, 0.6) is 0 Å². The van der Waals surface area contributed by atoms with Gasteiger partial charge >= 0.3 is 0 Å². The summed E-state index contributed by atoms with van der Waals surface area (Å²) < 4.78 is 37.2. The predicted octanol–water partition coefficient (Wildman–Crippen LogP) is 0.557. The topological polar surface area (TPSA) is 217 Å². The van der Waals surface area contributed by atoms with Crippen LogP contribution < -0.4 is 0 Å². The molecular weight excluding hydrogens is 692 g/mol. The molecule has 0 aromatic rings. The highest BCUT2D eigenvalue weighted by atomic mass is 16.8. The highest BCUT2D eigenvalue weighted by Gasteiger charge is 2.76. The zero-order chi connectivity index (χ0) is 37.8. The Labute approximate surface area is 312 Å². The van der Waals surface area contributed by atoms with E-state index in [1.807, 2.05) is 0 Å². The van der Waals surface area contributed by atoms with Crippen molar-refractivity contribution in [2.75, 3.05) is 19.8 Å². The standard InChI is InChI=1S/C39H64O14/c1-18-7-12-38(48-17-18)19(2)39(47)27(53-38)14-24-22-6-5-20-13-21(8-10-36(20,3)23(22)9-11-37(24,39)4)49-35-33(31(45)29(43)26(16-41)51-35)52-34-32(46)30(44)28(42)25(15-40)50-34/h18-35,40-47H,5-17H2,1-4H3/t18-,19+,20?,21-,22+,23-,24-,25+,26+,27-,28+,29+,30-,31-,32+,33+,34-,35+,36-,37-,38+,39+/m0/s1. The molecule has 0 amide bonds. The first kappa shape index (κ1) is 39.3. The van der Waals surface area contributed by atoms with Gasteiger partial charge < -0.3 is 69.3 Å². The normalized spacial score (nSPS) is 59.5. The highest BCUT2D eigenvalue weighted by Crippen LogP contribution is 2.72. The fourth-order valence-electron chi connectivity index (χ4n) is 13.1. The smallest absolute Gasteiger partial charge is 0.187 e. The van der Waals surface area contributed by atoms with Crippen LogP contribution in [0.1, 0.15) is 91.9 Å². The molecule has 0 aromatic carbocycles. The third-order valence-corrected chi connectivity index (χ3v) is 16.4. The lowest BCUT2D eigenvalue weighted by Crippen LogP contribution is -2.65.